The highest BCUT2D eigenvalue weighted by molar-refractivity contribution is 6.23. The highest BCUT2D eigenvalue weighted by atomic mass is 16.5. The van der Waals surface area contributed by atoms with E-state index in [9.17, 15) is 19.2 Å². The van der Waals surface area contributed by atoms with Gasteiger partial charge in [-0.1, -0.05) is 30.4 Å². The van der Waals surface area contributed by atoms with E-state index in [1.54, 1.807) is 42.5 Å². The molecule has 1 heterocycles. The molecular weight excluding hydrogens is 382 g/mol. The molecule has 2 bridgehead atoms. The Morgan fingerprint density at radius 3 is 2.27 bits per heavy atom. The van der Waals surface area contributed by atoms with E-state index < -0.39 is 5.97 Å². The van der Waals surface area contributed by atoms with E-state index in [4.69, 9.17) is 4.74 Å². The van der Waals surface area contributed by atoms with Crippen molar-refractivity contribution < 1.29 is 23.9 Å². The molecular formula is C24H19NO5. The SMILES string of the molecule is CC(=O)c1ccccc1OC(=O)c1cccc(N2C(=O)[C@H]3[C@H](C2=O)[C@H]2C=C[C@H]3C2)c1. The van der Waals surface area contributed by atoms with Crippen molar-refractivity contribution in [2.45, 2.75) is 13.3 Å². The number of amides is 2. The Kier molecular flexibility index (Phi) is 4.17. The number of anilines is 1. The van der Waals surface area contributed by atoms with Crippen LogP contribution in [0.15, 0.2) is 60.7 Å². The molecule has 150 valence electrons. The molecule has 1 saturated carbocycles. The molecule has 2 aliphatic carbocycles. The number of hydrogen-bond acceptors (Lipinski definition) is 5. The van der Waals surface area contributed by atoms with Gasteiger partial charge in [-0.3, -0.25) is 14.4 Å². The first-order valence-corrected chi connectivity index (χ1v) is 9.94. The number of fused-ring (bicyclic) bond motifs is 5. The number of nitrogens with zero attached hydrogens (tertiary/aromatic N) is 1. The minimum atomic E-state index is -0.661. The largest absolute Gasteiger partial charge is 0.422 e. The highest BCUT2D eigenvalue weighted by Gasteiger charge is 2.59. The number of ketones is 1. The maximum atomic E-state index is 13.0. The second-order valence-electron chi connectivity index (χ2n) is 8.00. The van der Waals surface area contributed by atoms with E-state index in [-0.39, 0.29) is 52.6 Å². The fraction of sp³-hybridized carbons (Fsp3) is 0.250. The lowest BCUT2D eigenvalue weighted by Crippen LogP contribution is -2.33. The van der Waals surface area contributed by atoms with Crippen molar-refractivity contribution in [3.05, 3.63) is 71.8 Å². The zero-order valence-corrected chi connectivity index (χ0v) is 16.3. The van der Waals surface area contributed by atoms with E-state index >= 15 is 0 Å². The van der Waals surface area contributed by atoms with Gasteiger partial charge in [-0.25, -0.2) is 9.69 Å². The van der Waals surface area contributed by atoms with E-state index in [1.807, 2.05) is 12.2 Å². The van der Waals surface area contributed by atoms with E-state index in [0.29, 0.717) is 11.3 Å². The number of benzene rings is 2. The molecule has 1 saturated heterocycles. The number of para-hydroxylation sites is 1. The van der Waals surface area contributed by atoms with Crippen LogP contribution in [0.3, 0.4) is 0 Å². The molecule has 3 aliphatic rings. The fourth-order valence-electron chi connectivity index (χ4n) is 4.93. The van der Waals surface area contributed by atoms with Crippen LogP contribution in [0.4, 0.5) is 5.69 Å². The van der Waals surface area contributed by atoms with Gasteiger partial charge in [0, 0.05) is 0 Å². The number of esters is 1. The molecule has 0 aromatic heterocycles. The third-order valence-electron chi connectivity index (χ3n) is 6.28. The summed E-state index contributed by atoms with van der Waals surface area (Å²) in [6, 6.07) is 12.8. The zero-order valence-electron chi connectivity index (χ0n) is 16.3. The first kappa shape index (κ1) is 18.5. The van der Waals surface area contributed by atoms with Crippen LogP contribution in [0.5, 0.6) is 5.75 Å². The smallest absolute Gasteiger partial charge is 0.343 e. The number of rotatable bonds is 4. The van der Waals surface area contributed by atoms with Gasteiger partial charge < -0.3 is 4.74 Å². The lowest BCUT2D eigenvalue weighted by Gasteiger charge is -2.18. The first-order chi connectivity index (χ1) is 14.5. The maximum absolute atomic E-state index is 13.0. The molecule has 6 heteroatoms. The lowest BCUT2D eigenvalue weighted by molar-refractivity contribution is -0.123. The fourth-order valence-corrected chi connectivity index (χ4v) is 4.93. The van der Waals surface area contributed by atoms with Crippen molar-refractivity contribution in [3.63, 3.8) is 0 Å². The van der Waals surface area contributed by atoms with Crippen molar-refractivity contribution in [2.75, 3.05) is 4.90 Å². The minimum Gasteiger partial charge on any atom is -0.422 e. The Balaban J connectivity index is 1.42. The summed E-state index contributed by atoms with van der Waals surface area (Å²) in [7, 11) is 0. The topological polar surface area (TPSA) is 80.8 Å². The third kappa shape index (κ3) is 2.71. The van der Waals surface area contributed by atoms with Crippen molar-refractivity contribution >= 4 is 29.3 Å². The van der Waals surface area contributed by atoms with Crippen LogP contribution in [0, 0.1) is 23.7 Å². The van der Waals surface area contributed by atoms with Crippen LogP contribution in [-0.4, -0.2) is 23.6 Å². The molecule has 0 spiro atoms. The summed E-state index contributed by atoms with van der Waals surface area (Å²) in [5.74, 6) is -1.46. The van der Waals surface area contributed by atoms with Crippen LogP contribution in [0.1, 0.15) is 34.1 Å². The summed E-state index contributed by atoms with van der Waals surface area (Å²) >= 11 is 0. The highest BCUT2D eigenvalue weighted by Crippen LogP contribution is 2.53. The number of Topliss-reactive ketones (excluding diaryl/α,β-unsaturated/α-hetero) is 1. The molecule has 2 aromatic carbocycles. The monoisotopic (exact) mass is 401 g/mol. The second-order valence-corrected chi connectivity index (χ2v) is 8.00. The molecule has 2 aromatic rings. The van der Waals surface area contributed by atoms with Crippen molar-refractivity contribution in [1.82, 2.24) is 0 Å². The van der Waals surface area contributed by atoms with Gasteiger partial charge in [0.25, 0.3) is 0 Å². The Morgan fingerprint density at radius 1 is 0.933 bits per heavy atom. The van der Waals surface area contributed by atoms with Crippen LogP contribution >= 0.6 is 0 Å². The van der Waals surface area contributed by atoms with Gasteiger partial charge in [-0.05, 0) is 55.5 Å². The quantitative estimate of drug-likeness (QED) is 0.258. The average Bonchev–Trinajstić information content (AvgIpc) is 3.42. The van der Waals surface area contributed by atoms with Gasteiger partial charge in [0.2, 0.25) is 11.8 Å². The molecule has 30 heavy (non-hydrogen) atoms. The molecule has 2 amide bonds. The number of carbonyl (C=O) groups is 4. The molecule has 2 fully saturated rings. The van der Waals surface area contributed by atoms with Crippen LogP contribution in [0.2, 0.25) is 0 Å². The number of allylic oxidation sites excluding steroid dienone is 2. The van der Waals surface area contributed by atoms with Crippen molar-refractivity contribution in [2.24, 2.45) is 23.7 Å². The molecule has 0 N–H and O–H groups in total. The first-order valence-electron chi connectivity index (χ1n) is 9.94. The summed E-state index contributed by atoms with van der Waals surface area (Å²) in [5.41, 5.74) is 0.875. The Bertz CT molecular complexity index is 1100. The van der Waals surface area contributed by atoms with Gasteiger partial charge in [0.05, 0.1) is 28.7 Å². The minimum absolute atomic E-state index is 0.123. The zero-order chi connectivity index (χ0) is 21.0. The summed E-state index contributed by atoms with van der Waals surface area (Å²) in [4.78, 5) is 51.7. The molecule has 5 rings (SSSR count). The van der Waals surface area contributed by atoms with Gasteiger partial charge in [-0.15, -0.1) is 0 Å². The van der Waals surface area contributed by atoms with Crippen LogP contribution in [0.25, 0.3) is 0 Å². The van der Waals surface area contributed by atoms with Gasteiger partial charge in [0.15, 0.2) is 5.78 Å². The predicted molar refractivity (Wildman–Crippen MR) is 108 cm³/mol. The number of carbonyl (C=O) groups excluding carboxylic acids is 4. The Hall–Kier alpha value is -3.54. The summed E-state index contributed by atoms with van der Waals surface area (Å²) in [5, 5.41) is 0. The molecule has 0 unspecified atom stereocenters. The van der Waals surface area contributed by atoms with E-state index in [1.165, 1.54) is 17.9 Å². The molecule has 4 atom stereocenters. The van der Waals surface area contributed by atoms with Gasteiger partial charge in [-0.2, -0.15) is 0 Å². The molecule has 6 nitrogen and oxygen atoms in total. The number of hydrogen-bond donors (Lipinski definition) is 0. The molecule has 0 radical (unpaired) electrons. The number of ether oxygens (including phenoxy) is 1. The Labute approximate surface area is 173 Å². The number of imide groups is 1. The van der Waals surface area contributed by atoms with Gasteiger partial charge >= 0.3 is 5.97 Å². The van der Waals surface area contributed by atoms with E-state index in [2.05, 4.69) is 0 Å². The van der Waals surface area contributed by atoms with Crippen molar-refractivity contribution in [3.8, 4) is 5.75 Å². The standard InChI is InChI=1S/C24H19NO5/c1-13(26)18-7-2-3-8-19(18)30-24(29)16-5-4-6-17(12-16)25-22(27)20-14-9-10-15(11-14)21(20)23(25)28/h2-10,12,14-15,20-21H,11H2,1H3/t14-,15-,20+,21+/m0/s1. The lowest BCUT2D eigenvalue weighted by atomic mass is 9.85. The van der Waals surface area contributed by atoms with Crippen LogP contribution < -0.4 is 9.64 Å². The third-order valence-corrected chi connectivity index (χ3v) is 6.28. The predicted octanol–water partition coefficient (Wildman–Crippen LogP) is 3.42. The molecule has 1 aliphatic heterocycles. The Morgan fingerprint density at radius 2 is 1.60 bits per heavy atom. The second kappa shape index (κ2) is 6.76. The average molecular weight is 401 g/mol. The summed E-state index contributed by atoms with van der Waals surface area (Å²) in [6.45, 7) is 1.40. The summed E-state index contributed by atoms with van der Waals surface area (Å²) < 4.78 is 5.42. The van der Waals surface area contributed by atoms with Crippen LogP contribution in [-0.2, 0) is 9.59 Å². The van der Waals surface area contributed by atoms with Crippen molar-refractivity contribution in [1.29, 1.82) is 0 Å². The maximum Gasteiger partial charge on any atom is 0.343 e. The normalized spacial score (nSPS) is 26.2. The summed E-state index contributed by atoms with van der Waals surface area (Å²) in [6.07, 6.45) is 4.95. The van der Waals surface area contributed by atoms with E-state index in [0.717, 1.165) is 6.42 Å². The van der Waals surface area contributed by atoms with Gasteiger partial charge in [0.1, 0.15) is 5.75 Å².